The van der Waals surface area contributed by atoms with E-state index in [-0.39, 0.29) is 11.3 Å². The third-order valence-electron chi connectivity index (χ3n) is 3.87. The zero-order valence-corrected chi connectivity index (χ0v) is 12.3. The fraction of sp³-hybridized carbons (Fsp3) is 0.429. The van der Waals surface area contributed by atoms with E-state index in [2.05, 4.69) is 5.32 Å². The molecule has 114 valence electrons. The van der Waals surface area contributed by atoms with Gasteiger partial charge in [0.15, 0.2) is 0 Å². The summed E-state index contributed by atoms with van der Waals surface area (Å²) in [6.45, 7) is 6.09. The number of aliphatic carboxylic acids is 1. The summed E-state index contributed by atoms with van der Waals surface area (Å²) in [5.74, 6) is -1.75. The Kier molecular flexibility index (Phi) is 4.36. The number of carbonyl (C=O) groups excluding carboxylic acids is 1. The molecule has 0 heterocycles. The van der Waals surface area contributed by atoms with Crippen LogP contribution >= 0.6 is 0 Å². The average molecular weight is 294 g/mol. The molecule has 1 aromatic rings. The second kappa shape index (κ2) is 5.51. The van der Waals surface area contributed by atoms with Crippen molar-refractivity contribution in [2.24, 2.45) is 5.41 Å². The van der Waals surface area contributed by atoms with Gasteiger partial charge in [-0.05, 0) is 33.8 Å². The van der Waals surface area contributed by atoms with E-state index in [4.69, 9.17) is 0 Å². The third kappa shape index (κ3) is 3.18. The minimum Gasteiger partial charge on any atom is -0.481 e. The molecule has 0 unspecified atom stereocenters. The smallest absolute Gasteiger partial charge is 0.311 e. The van der Waals surface area contributed by atoms with Crippen molar-refractivity contribution in [2.45, 2.75) is 33.2 Å². The normalized spacial score (nSPS) is 11.8. The van der Waals surface area contributed by atoms with Gasteiger partial charge in [-0.1, -0.05) is 12.1 Å². The molecule has 1 amide bonds. The summed E-state index contributed by atoms with van der Waals surface area (Å²) in [4.78, 5) is 33.8. The van der Waals surface area contributed by atoms with E-state index in [1.807, 2.05) is 0 Å². The molecule has 7 heteroatoms. The highest BCUT2D eigenvalue weighted by Crippen LogP contribution is 2.31. The van der Waals surface area contributed by atoms with Gasteiger partial charge in [-0.25, -0.2) is 0 Å². The van der Waals surface area contributed by atoms with E-state index in [9.17, 15) is 24.8 Å². The molecule has 0 radical (unpaired) electrons. The Bertz CT molecular complexity index is 593. The summed E-state index contributed by atoms with van der Waals surface area (Å²) >= 11 is 0. The first-order chi connectivity index (χ1) is 9.50. The maximum Gasteiger partial charge on any atom is 0.311 e. The third-order valence-corrected chi connectivity index (χ3v) is 3.87. The second-order valence-corrected chi connectivity index (χ2v) is 5.78. The first kappa shape index (κ1) is 16.6. The van der Waals surface area contributed by atoms with Gasteiger partial charge < -0.3 is 10.4 Å². The van der Waals surface area contributed by atoms with Crippen molar-refractivity contribution in [1.29, 1.82) is 0 Å². The fourth-order valence-electron chi connectivity index (χ4n) is 1.60. The van der Waals surface area contributed by atoms with Crippen molar-refractivity contribution in [3.8, 4) is 0 Å². The van der Waals surface area contributed by atoms with Crippen LogP contribution in [0.15, 0.2) is 24.3 Å². The van der Waals surface area contributed by atoms with Gasteiger partial charge in [-0.3, -0.25) is 19.7 Å². The van der Waals surface area contributed by atoms with Crippen molar-refractivity contribution in [2.75, 3.05) is 0 Å². The number of carboxylic acid groups (broad SMARTS) is 1. The van der Waals surface area contributed by atoms with Crippen LogP contribution in [-0.2, 0) is 4.79 Å². The standard InChI is InChI=1S/C14H18N2O5/c1-13(2,12(18)19)14(3,4)15-11(17)9-7-5-6-8-10(9)16(20)21/h5-8H,1-4H3,(H,15,17)(H,18,19). The quantitative estimate of drug-likeness (QED) is 0.639. The lowest BCUT2D eigenvalue weighted by atomic mass is 9.74. The van der Waals surface area contributed by atoms with E-state index in [0.29, 0.717) is 0 Å². The summed E-state index contributed by atoms with van der Waals surface area (Å²) in [5, 5.41) is 22.7. The van der Waals surface area contributed by atoms with Crippen LogP contribution in [0.4, 0.5) is 5.69 Å². The highest BCUT2D eigenvalue weighted by Gasteiger charge is 2.44. The molecule has 0 fully saturated rings. The van der Waals surface area contributed by atoms with Crippen LogP contribution in [0.3, 0.4) is 0 Å². The van der Waals surface area contributed by atoms with Gasteiger partial charge >= 0.3 is 5.97 Å². The molecule has 0 saturated carbocycles. The van der Waals surface area contributed by atoms with Crippen LogP contribution in [0.25, 0.3) is 0 Å². The Labute approximate surface area is 122 Å². The molecule has 0 bridgehead atoms. The summed E-state index contributed by atoms with van der Waals surface area (Å²) in [6.07, 6.45) is 0. The number of hydrogen-bond donors (Lipinski definition) is 2. The van der Waals surface area contributed by atoms with Crippen molar-refractivity contribution in [3.05, 3.63) is 39.9 Å². The molecule has 0 saturated heterocycles. The number of nitro benzene ring substituents is 1. The Morgan fingerprint density at radius 3 is 2.19 bits per heavy atom. The number of nitro groups is 1. The predicted octanol–water partition coefficient (Wildman–Crippen LogP) is 2.21. The Morgan fingerprint density at radius 2 is 1.71 bits per heavy atom. The van der Waals surface area contributed by atoms with Gasteiger partial charge in [0.05, 0.1) is 15.9 Å². The number of hydrogen-bond acceptors (Lipinski definition) is 4. The Hall–Kier alpha value is -2.44. The molecule has 0 aliphatic rings. The molecule has 1 rings (SSSR count). The number of amides is 1. The fourth-order valence-corrected chi connectivity index (χ4v) is 1.60. The number of benzene rings is 1. The van der Waals surface area contributed by atoms with Gasteiger partial charge in [0.25, 0.3) is 11.6 Å². The summed E-state index contributed by atoms with van der Waals surface area (Å²) in [7, 11) is 0. The van der Waals surface area contributed by atoms with Crippen LogP contribution in [0.1, 0.15) is 38.1 Å². The molecule has 7 nitrogen and oxygen atoms in total. The second-order valence-electron chi connectivity index (χ2n) is 5.78. The minimum atomic E-state index is -1.24. The van der Waals surface area contributed by atoms with Crippen LogP contribution < -0.4 is 5.32 Å². The zero-order chi connectivity index (χ0) is 16.4. The van der Waals surface area contributed by atoms with E-state index >= 15 is 0 Å². The average Bonchev–Trinajstić information content (AvgIpc) is 2.37. The van der Waals surface area contributed by atoms with Crippen molar-refractivity contribution >= 4 is 17.6 Å². The monoisotopic (exact) mass is 294 g/mol. The Morgan fingerprint density at radius 1 is 1.19 bits per heavy atom. The lowest BCUT2D eigenvalue weighted by molar-refractivity contribution is -0.385. The highest BCUT2D eigenvalue weighted by molar-refractivity contribution is 5.98. The van der Waals surface area contributed by atoms with Crippen molar-refractivity contribution < 1.29 is 19.6 Å². The topological polar surface area (TPSA) is 110 Å². The van der Waals surface area contributed by atoms with E-state index < -0.39 is 27.8 Å². The first-order valence-electron chi connectivity index (χ1n) is 6.30. The number of nitrogens with one attached hydrogen (secondary N) is 1. The molecule has 0 aromatic heterocycles. The van der Waals surface area contributed by atoms with Crippen LogP contribution in [0, 0.1) is 15.5 Å². The van der Waals surface area contributed by atoms with Crippen molar-refractivity contribution in [3.63, 3.8) is 0 Å². The van der Waals surface area contributed by atoms with Gasteiger partial charge in [0, 0.05) is 6.07 Å². The molecule has 2 N–H and O–H groups in total. The molecule has 1 aromatic carbocycles. The maximum absolute atomic E-state index is 12.2. The number of carboxylic acids is 1. The van der Waals surface area contributed by atoms with Crippen LogP contribution in [0.5, 0.6) is 0 Å². The lowest BCUT2D eigenvalue weighted by Gasteiger charge is -2.38. The molecule has 21 heavy (non-hydrogen) atoms. The van der Waals surface area contributed by atoms with Gasteiger partial charge in [0.2, 0.25) is 0 Å². The highest BCUT2D eigenvalue weighted by atomic mass is 16.6. The van der Waals surface area contributed by atoms with Gasteiger partial charge in [-0.2, -0.15) is 0 Å². The summed E-state index contributed by atoms with van der Waals surface area (Å²) in [5.41, 5.74) is -2.76. The minimum absolute atomic E-state index is 0.100. The maximum atomic E-state index is 12.2. The van der Waals surface area contributed by atoms with E-state index in [0.717, 1.165) is 0 Å². The van der Waals surface area contributed by atoms with E-state index in [1.54, 1.807) is 13.8 Å². The molecular weight excluding hydrogens is 276 g/mol. The molecule has 0 aliphatic heterocycles. The molecule has 0 atom stereocenters. The van der Waals surface area contributed by atoms with Gasteiger partial charge in [0.1, 0.15) is 5.56 Å². The predicted molar refractivity (Wildman–Crippen MR) is 76.1 cm³/mol. The molecule has 0 spiro atoms. The Balaban J connectivity index is 3.13. The lowest BCUT2D eigenvalue weighted by Crippen LogP contribution is -2.57. The number of nitrogens with zero attached hydrogens (tertiary/aromatic N) is 1. The first-order valence-corrected chi connectivity index (χ1v) is 6.30. The number of carbonyl (C=O) groups is 2. The van der Waals surface area contributed by atoms with E-state index in [1.165, 1.54) is 38.1 Å². The SMILES string of the molecule is CC(C)(NC(=O)c1ccccc1[N+](=O)[O-])C(C)(C)C(=O)O. The summed E-state index contributed by atoms with van der Waals surface area (Å²) in [6, 6.07) is 5.53. The number of rotatable bonds is 5. The molecule has 0 aliphatic carbocycles. The van der Waals surface area contributed by atoms with Crippen molar-refractivity contribution in [1.82, 2.24) is 5.32 Å². The zero-order valence-electron chi connectivity index (χ0n) is 12.3. The summed E-state index contributed by atoms with van der Waals surface area (Å²) < 4.78 is 0. The molecular formula is C14H18N2O5. The van der Waals surface area contributed by atoms with Gasteiger partial charge in [-0.15, -0.1) is 0 Å². The van der Waals surface area contributed by atoms with Crippen LogP contribution in [-0.4, -0.2) is 27.4 Å². The van der Waals surface area contributed by atoms with Crippen LogP contribution in [0.2, 0.25) is 0 Å². The number of para-hydroxylation sites is 1. The largest absolute Gasteiger partial charge is 0.481 e.